The third kappa shape index (κ3) is 3.18. The summed E-state index contributed by atoms with van der Waals surface area (Å²) in [7, 11) is 0. The first-order valence-corrected chi connectivity index (χ1v) is 8.46. The van der Waals surface area contributed by atoms with Gasteiger partial charge >= 0.3 is 0 Å². The average molecular weight is 320 g/mol. The van der Waals surface area contributed by atoms with E-state index in [2.05, 4.69) is 17.1 Å². The molecule has 1 fully saturated rings. The molecule has 122 valence electrons. The smallest absolute Gasteiger partial charge is 0.258 e. The van der Waals surface area contributed by atoms with Gasteiger partial charge in [0.05, 0.1) is 6.10 Å². The first-order valence-electron chi connectivity index (χ1n) is 8.46. The molecule has 1 aromatic heterocycles. The Labute approximate surface area is 141 Å². The van der Waals surface area contributed by atoms with Crippen molar-refractivity contribution in [2.75, 3.05) is 0 Å². The lowest BCUT2D eigenvalue weighted by atomic mass is 10.1. The largest absolute Gasteiger partial charge is 0.490 e. The van der Waals surface area contributed by atoms with Crippen molar-refractivity contribution < 1.29 is 9.26 Å². The Morgan fingerprint density at radius 3 is 2.29 bits per heavy atom. The predicted molar refractivity (Wildman–Crippen MR) is 92.8 cm³/mol. The SMILES string of the molecule is Cc1ccc(-c2nc(-c3ccc(OC4CCCC4)cc3)no2)cc1. The standard InChI is InChI=1S/C20H20N2O2/c1-14-6-8-16(9-7-14)20-21-19(22-24-20)15-10-12-18(13-11-15)23-17-4-2-3-5-17/h6-13,17H,2-5H2,1H3. The van der Waals surface area contributed by atoms with Gasteiger partial charge < -0.3 is 9.26 Å². The van der Waals surface area contributed by atoms with E-state index in [4.69, 9.17) is 9.26 Å². The van der Waals surface area contributed by atoms with E-state index in [0.717, 1.165) is 29.7 Å². The van der Waals surface area contributed by atoms with Crippen LogP contribution >= 0.6 is 0 Å². The summed E-state index contributed by atoms with van der Waals surface area (Å²) in [4.78, 5) is 4.49. The van der Waals surface area contributed by atoms with E-state index in [-0.39, 0.29) is 0 Å². The summed E-state index contributed by atoms with van der Waals surface area (Å²) in [5, 5.41) is 4.09. The molecule has 24 heavy (non-hydrogen) atoms. The fourth-order valence-corrected chi connectivity index (χ4v) is 3.04. The molecule has 4 heteroatoms. The van der Waals surface area contributed by atoms with E-state index in [1.165, 1.54) is 18.4 Å². The maximum absolute atomic E-state index is 5.99. The molecule has 0 aliphatic heterocycles. The van der Waals surface area contributed by atoms with Crippen LogP contribution in [0.2, 0.25) is 0 Å². The van der Waals surface area contributed by atoms with Gasteiger partial charge in [-0.2, -0.15) is 4.98 Å². The van der Waals surface area contributed by atoms with Crippen molar-refractivity contribution in [1.82, 2.24) is 10.1 Å². The molecule has 1 aliphatic carbocycles. The zero-order chi connectivity index (χ0) is 16.4. The Hall–Kier alpha value is -2.62. The monoisotopic (exact) mass is 320 g/mol. The van der Waals surface area contributed by atoms with Crippen LogP contribution in [0.5, 0.6) is 5.75 Å². The van der Waals surface area contributed by atoms with Crippen molar-refractivity contribution in [3.05, 3.63) is 54.1 Å². The molecule has 0 spiro atoms. The maximum atomic E-state index is 5.99. The lowest BCUT2D eigenvalue weighted by Crippen LogP contribution is -2.10. The fourth-order valence-electron chi connectivity index (χ4n) is 3.04. The van der Waals surface area contributed by atoms with Gasteiger partial charge in [0.1, 0.15) is 5.75 Å². The highest BCUT2D eigenvalue weighted by atomic mass is 16.5. The number of rotatable bonds is 4. The number of aromatic nitrogens is 2. The Bertz CT molecular complexity index is 800. The van der Waals surface area contributed by atoms with Gasteiger partial charge in [0.15, 0.2) is 0 Å². The van der Waals surface area contributed by atoms with E-state index in [0.29, 0.717) is 17.8 Å². The Kier molecular flexibility index (Phi) is 4.03. The van der Waals surface area contributed by atoms with Crippen LogP contribution < -0.4 is 4.74 Å². The molecule has 1 heterocycles. The van der Waals surface area contributed by atoms with Crippen LogP contribution in [-0.2, 0) is 0 Å². The molecule has 2 aromatic carbocycles. The summed E-state index contributed by atoms with van der Waals surface area (Å²) in [6.07, 6.45) is 5.23. The molecule has 1 saturated carbocycles. The fraction of sp³-hybridized carbons (Fsp3) is 0.300. The summed E-state index contributed by atoms with van der Waals surface area (Å²) in [5.41, 5.74) is 3.06. The summed E-state index contributed by atoms with van der Waals surface area (Å²) in [6, 6.07) is 16.0. The van der Waals surface area contributed by atoms with Gasteiger partial charge in [0.2, 0.25) is 5.82 Å². The molecular weight excluding hydrogens is 300 g/mol. The van der Waals surface area contributed by atoms with Gasteiger partial charge in [-0.3, -0.25) is 0 Å². The molecule has 0 bridgehead atoms. The van der Waals surface area contributed by atoms with Crippen LogP contribution in [0.3, 0.4) is 0 Å². The third-order valence-corrected chi connectivity index (χ3v) is 4.44. The molecule has 3 aromatic rings. The second-order valence-electron chi connectivity index (χ2n) is 6.34. The van der Waals surface area contributed by atoms with E-state index in [1.807, 2.05) is 48.5 Å². The third-order valence-electron chi connectivity index (χ3n) is 4.44. The van der Waals surface area contributed by atoms with Crippen molar-refractivity contribution in [1.29, 1.82) is 0 Å². The van der Waals surface area contributed by atoms with E-state index in [1.54, 1.807) is 0 Å². The minimum Gasteiger partial charge on any atom is -0.490 e. The molecule has 0 atom stereocenters. The predicted octanol–water partition coefficient (Wildman–Crippen LogP) is 5.03. The second-order valence-corrected chi connectivity index (χ2v) is 6.34. The van der Waals surface area contributed by atoms with Crippen molar-refractivity contribution in [3.63, 3.8) is 0 Å². The first kappa shape index (κ1) is 14.9. The lowest BCUT2D eigenvalue weighted by molar-refractivity contribution is 0.210. The summed E-state index contributed by atoms with van der Waals surface area (Å²) in [6.45, 7) is 2.05. The van der Waals surface area contributed by atoms with Gasteiger partial charge in [-0.15, -0.1) is 0 Å². The molecule has 0 unspecified atom stereocenters. The Morgan fingerprint density at radius 2 is 1.58 bits per heavy atom. The molecule has 0 N–H and O–H groups in total. The first-order chi connectivity index (χ1) is 11.8. The van der Waals surface area contributed by atoms with Crippen LogP contribution in [0, 0.1) is 6.92 Å². The molecule has 0 amide bonds. The van der Waals surface area contributed by atoms with Gasteiger partial charge in [-0.1, -0.05) is 22.9 Å². The van der Waals surface area contributed by atoms with E-state index >= 15 is 0 Å². The quantitative estimate of drug-likeness (QED) is 0.676. The van der Waals surface area contributed by atoms with Crippen molar-refractivity contribution >= 4 is 0 Å². The number of hydrogen-bond donors (Lipinski definition) is 0. The molecular formula is C20H20N2O2. The molecule has 0 radical (unpaired) electrons. The highest BCUT2D eigenvalue weighted by Crippen LogP contribution is 2.27. The van der Waals surface area contributed by atoms with Crippen LogP contribution in [0.1, 0.15) is 31.2 Å². The Balaban J connectivity index is 1.50. The van der Waals surface area contributed by atoms with Crippen molar-refractivity contribution in [2.24, 2.45) is 0 Å². The van der Waals surface area contributed by atoms with Crippen molar-refractivity contribution in [2.45, 2.75) is 38.7 Å². The zero-order valence-corrected chi connectivity index (χ0v) is 13.7. The number of aryl methyl sites for hydroxylation is 1. The minimum atomic E-state index is 0.370. The van der Waals surface area contributed by atoms with Crippen LogP contribution in [0.4, 0.5) is 0 Å². The number of benzene rings is 2. The zero-order valence-electron chi connectivity index (χ0n) is 13.7. The minimum absolute atomic E-state index is 0.370. The van der Waals surface area contributed by atoms with Gasteiger partial charge in [-0.05, 0) is 69.0 Å². The highest BCUT2D eigenvalue weighted by molar-refractivity contribution is 5.60. The number of nitrogens with zero attached hydrogens (tertiary/aromatic N) is 2. The summed E-state index contributed by atoms with van der Waals surface area (Å²) >= 11 is 0. The van der Waals surface area contributed by atoms with Crippen molar-refractivity contribution in [3.8, 4) is 28.6 Å². The molecule has 4 nitrogen and oxygen atoms in total. The highest BCUT2D eigenvalue weighted by Gasteiger charge is 2.16. The van der Waals surface area contributed by atoms with Crippen LogP contribution in [0.25, 0.3) is 22.8 Å². The molecule has 1 aliphatic rings. The normalized spacial score (nSPS) is 14.9. The van der Waals surface area contributed by atoms with Gasteiger partial charge in [0.25, 0.3) is 5.89 Å². The topological polar surface area (TPSA) is 48.2 Å². The average Bonchev–Trinajstić information content (AvgIpc) is 3.28. The molecule has 0 saturated heterocycles. The lowest BCUT2D eigenvalue weighted by Gasteiger charge is -2.12. The number of ether oxygens (including phenoxy) is 1. The van der Waals surface area contributed by atoms with Gasteiger partial charge in [-0.25, -0.2) is 0 Å². The second kappa shape index (κ2) is 6.48. The maximum Gasteiger partial charge on any atom is 0.258 e. The van der Waals surface area contributed by atoms with Gasteiger partial charge in [0, 0.05) is 11.1 Å². The van der Waals surface area contributed by atoms with E-state index in [9.17, 15) is 0 Å². The summed E-state index contributed by atoms with van der Waals surface area (Å²) in [5.74, 6) is 2.04. The van der Waals surface area contributed by atoms with Crippen LogP contribution in [0.15, 0.2) is 53.1 Å². The summed E-state index contributed by atoms with van der Waals surface area (Å²) < 4.78 is 11.4. The van der Waals surface area contributed by atoms with Crippen LogP contribution in [-0.4, -0.2) is 16.2 Å². The Morgan fingerprint density at radius 1 is 0.917 bits per heavy atom. The number of hydrogen-bond acceptors (Lipinski definition) is 4. The van der Waals surface area contributed by atoms with E-state index < -0.39 is 0 Å². The molecule has 4 rings (SSSR count).